The van der Waals surface area contributed by atoms with Crippen LogP contribution in [0.4, 0.5) is 5.69 Å². The van der Waals surface area contributed by atoms with Crippen molar-refractivity contribution in [2.24, 2.45) is 17.6 Å². The van der Waals surface area contributed by atoms with Gasteiger partial charge in [-0.2, -0.15) is 0 Å². The molecule has 0 saturated carbocycles. The van der Waals surface area contributed by atoms with Gasteiger partial charge in [-0.15, -0.1) is 0 Å². The minimum absolute atomic E-state index is 0.0479. The smallest absolute Gasteiger partial charge is 0.337 e. The van der Waals surface area contributed by atoms with E-state index in [9.17, 15) is 9.59 Å². The Balaban J connectivity index is 2.91. The van der Waals surface area contributed by atoms with Crippen LogP contribution in [0.2, 0.25) is 5.02 Å². The molecule has 1 rings (SSSR count). The maximum atomic E-state index is 12.0. The minimum atomic E-state index is -1.14. The van der Waals surface area contributed by atoms with E-state index in [1.165, 1.54) is 12.1 Å². The Morgan fingerprint density at radius 2 is 2.05 bits per heavy atom. The highest BCUT2D eigenvalue weighted by Crippen LogP contribution is 2.21. The molecule has 0 fully saturated rings. The van der Waals surface area contributed by atoms with E-state index in [1.54, 1.807) is 6.07 Å². The summed E-state index contributed by atoms with van der Waals surface area (Å²) in [5.41, 5.74) is 5.90. The second kappa shape index (κ2) is 6.54. The monoisotopic (exact) mass is 284 g/mol. The normalized spacial score (nSPS) is 12.3. The molecule has 0 heterocycles. The summed E-state index contributed by atoms with van der Waals surface area (Å²) in [5.74, 6) is -1.57. The highest BCUT2D eigenvalue weighted by molar-refractivity contribution is 6.33. The zero-order valence-electron chi connectivity index (χ0n) is 10.8. The first-order valence-corrected chi connectivity index (χ1v) is 6.28. The van der Waals surface area contributed by atoms with E-state index in [0.717, 1.165) is 0 Å². The van der Waals surface area contributed by atoms with Gasteiger partial charge in [0.2, 0.25) is 5.91 Å². The largest absolute Gasteiger partial charge is 0.478 e. The highest BCUT2D eigenvalue weighted by Gasteiger charge is 2.21. The molecule has 104 valence electrons. The van der Waals surface area contributed by atoms with E-state index in [-0.39, 0.29) is 34.9 Å². The number of carbonyl (C=O) groups is 2. The number of hydrogen-bond donors (Lipinski definition) is 3. The first kappa shape index (κ1) is 15.5. The maximum Gasteiger partial charge on any atom is 0.337 e. The van der Waals surface area contributed by atoms with Gasteiger partial charge in [0.1, 0.15) is 0 Å². The van der Waals surface area contributed by atoms with Crippen LogP contribution in [-0.2, 0) is 4.79 Å². The van der Waals surface area contributed by atoms with E-state index in [1.807, 2.05) is 13.8 Å². The average Bonchev–Trinajstić information content (AvgIpc) is 2.31. The standard InChI is InChI=1S/C13H17ClN2O3/c1-7(2)10(6-15)12(17)16-8-3-4-11(14)9(5-8)13(18)19/h3-5,7,10H,6,15H2,1-2H3,(H,16,17)(H,18,19). The van der Waals surface area contributed by atoms with Crippen molar-refractivity contribution in [1.82, 2.24) is 0 Å². The summed E-state index contributed by atoms with van der Waals surface area (Å²) in [6.07, 6.45) is 0. The molecule has 4 N–H and O–H groups in total. The van der Waals surface area contributed by atoms with Gasteiger partial charge in [0, 0.05) is 12.2 Å². The summed E-state index contributed by atoms with van der Waals surface area (Å²) in [6, 6.07) is 4.32. The molecule has 1 amide bonds. The minimum Gasteiger partial charge on any atom is -0.478 e. The molecular formula is C13H17ClN2O3. The van der Waals surface area contributed by atoms with Crippen LogP contribution in [0.3, 0.4) is 0 Å². The lowest BCUT2D eigenvalue weighted by molar-refractivity contribution is -0.120. The molecule has 1 aromatic carbocycles. The second-order valence-corrected chi connectivity index (χ2v) is 4.98. The molecule has 0 aliphatic rings. The number of nitrogens with two attached hydrogens (primary N) is 1. The number of benzene rings is 1. The van der Waals surface area contributed by atoms with Crippen molar-refractivity contribution in [3.8, 4) is 0 Å². The molecule has 0 bridgehead atoms. The molecule has 0 aliphatic carbocycles. The lowest BCUT2D eigenvalue weighted by Crippen LogP contribution is -2.33. The Kier molecular flexibility index (Phi) is 5.32. The first-order chi connectivity index (χ1) is 8.86. The zero-order chi connectivity index (χ0) is 14.6. The molecule has 6 heteroatoms. The van der Waals surface area contributed by atoms with Crippen molar-refractivity contribution in [1.29, 1.82) is 0 Å². The number of amides is 1. The molecule has 0 aromatic heterocycles. The number of halogens is 1. The van der Waals surface area contributed by atoms with Gasteiger partial charge in [-0.3, -0.25) is 4.79 Å². The van der Waals surface area contributed by atoms with Crippen molar-refractivity contribution in [3.63, 3.8) is 0 Å². The van der Waals surface area contributed by atoms with Gasteiger partial charge in [0.25, 0.3) is 0 Å². The van der Waals surface area contributed by atoms with Crippen LogP contribution >= 0.6 is 11.6 Å². The van der Waals surface area contributed by atoms with Gasteiger partial charge in [-0.25, -0.2) is 4.79 Å². The van der Waals surface area contributed by atoms with Gasteiger partial charge in [0.05, 0.1) is 16.5 Å². The van der Waals surface area contributed by atoms with Crippen molar-refractivity contribution < 1.29 is 14.7 Å². The number of carboxylic acids is 1. The van der Waals surface area contributed by atoms with Gasteiger partial charge in [-0.1, -0.05) is 25.4 Å². The molecule has 5 nitrogen and oxygen atoms in total. The Bertz CT molecular complexity index is 489. The zero-order valence-corrected chi connectivity index (χ0v) is 11.6. The second-order valence-electron chi connectivity index (χ2n) is 4.58. The lowest BCUT2D eigenvalue weighted by atomic mass is 9.95. The number of carboxylic acid groups (broad SMARTS) is 1. The summed E-state index contributed by atoms with van der Waals surface area (Å²) in [5, 5.41) is 11.7. The fourth-order valence-corrected chi connectivity index (χ4v) is 1.88. The molecule has 0 spiro atoms. The summed E-state index contributed by atoms with van der Waals surface area (Å²) < 4.78 is 0. The third-order valence-corrected chi connectivity index (χ3v) is 3.19. The van der Waals surface area contributed by atoms with E-state index in [2.05, 4.69) is 5.32 Å². The van der Waals surface area contributed by atoms with E-state index < -0.39 is 5.97 Å². The molecule has 0 saturated heterocycles. The van der Waals surface area contributed by atoms with Crippen molar-refractivity contribution in [2.75, 3.05) is 11.9 Å². The molecule has 1 aromatic rings. The van der Waals surface area contributed by atoms with Crippen LogP contribution < -0.4 is 11.1 Å². The van der Waals surface area contributed by atoms with Crippen LogP contribution in [0.15, 0.2) is 18.2 Å². The summed E-state index contributed by atoms with van der Waals surface area (Å²) in [7, 11) is 0. The summed E-state index contributed by atoms with van der Waals surface area (Å²) >= 11 is 5.75. The number of hydrogen-bond acceptors (Lipinski definition) is 3. The molecule has 19 heavy (non-hydrogen) atoms. The number of nitrogens with one attached hydrogen (secondary N) is 1. The maximum absolute atomic E-state index is 12.0. The fraction of sp³-hybridized carbons (Fsp3) is 0.385. The predicted molar refractivity (Wildman–Crippen MR) is 74.4 cm³/mol. The van der Waals surface area contributed by atoms with E-state index in [4.69, 9.17) is 22.4 Å². The molecule has 1 unspecified atom stereocenters. The third-order valence-electron chi connectivity index (χ3n) is 2.86. The van der Waals surface area contributed by atoms with Crippen molar-refractivity contribution >= 4 is 29.2 Å². The molecule has 0 radical (unpaired) electrons. The van der Waals surface area contributed by atoms with E-state index in [0.29, 0.717) is 5.69 Å². The van der Waals surface area contributed by atoms with Crippen LogP contribution in [0, 0.1) is 11.8 Å². The van der Waals surface area contributed by atoms with Gasteiger partial charge in [-0.05, 0) is 24.1 Å². The van der Waals surface area contributed by atoms with Crippen LogP contribution in [0.5, 0.6) is 0 Å². The Labute approximate surface area is 116 Å². The Morgan fingerprint density at radius 3 is 2.53 bits per heavy atom. The SMILES string of the molecule is CC(C)C(CN)C(=O)Nc1ccc(Cl)c(C(=O)O)c1. The van der Waals surface area contributed by atoms with Crippen LogP contribution in [0.25, 0.3) is 0 Å². The fourth-order valence-electron chi connectivity index (χ4n) is 1.68. The topological polar surface area (TPSA) is 92.4 Å². The predicted octanol–water partition coefficient (Wildman–Crippen LogP) is 2.21. The van der Waals surface area contributed by atoms with Gasteiger partial charge in [0.15, 0.2) is 0 Å². The number of aromatic carboxylic acids is 1. The lowest BCUT2D eigenvalue weighted by Gasteiger charge is -2.18. The first-order valence-electron chi connectivity index (χ1n) is 5.90. The third kappa shape index (κ3) is 3.94. The number of carbonyl (C=O) groups excluding carboxylic acids is 1. The summed E-state index contributed by atoms with van der Waals surface area (Å²) in [6.45, 7) is 4.05. The van der Waals surface area contributed by atoms with Gasteiger partial charge < -0.3 is 16.2 Å². The average molecular weight is 285 g/mol. The summed E-state index contributed by atoms with van der Waals surface area (Å²) in [4.78, 5) is 22.9. The van der Waals surface area contributed by atoms with E-state index >= 15 is 0 Å². The van der Waals surface area contributed by atoms with Crippen LogP contribution in [0.1, 0.15) is 24.2 Å². The molecule has 0 aliphatic heterocycles. The number of rotatable bonds is 5. The molecular weight excluding hydrogens is 268 g/mol. The van der Waals surface area contributed by atoms with Crippen molar-refractivity contribution in [2.45, 2.75) is 13.8 Å². The van der Waals surface area contributed by atoms with Crippen molar-refractivity contribution in [3.05, 3.63) is 28.8 Å². The van der Waals surface area contributed by atoms with Gasteiger partial charge >= 0.3 is 5.97 Å². The number of anilines is 1. The quantitative estimate of drug-likeness (QED) is 0.773. The Hall–Kier alpha value is -1.59. The highest BCUT2D eigenvalue weighted by atomic mass is 35.5. The molecule has 1 atom stereocenters. The van der Waals surface area contributed by atoms with Crippen LogP contribution in [-0.4, -0.2) is 23.5 Å². The Morgan fingerprint density at radius 1 is 1.42 bits per heavy atom.